The first-order valence-electron chi connectivity index (χ1n) is 6.41. The van der Waals surface area contributed by atoms with E-state index in [0.29, 0.717) is 18.9 Å². The van der Waals surface area contributed by atoms with Crippen molar-refractivity contribution >= 4 is 5.84 Å². The standard InChI is InChI=1S/C14H23N3O2/c1-11(10-19-2)9-16-13(8-14(15)17-18)12-6-4-3-5-7-12/h3-7,11,13,16,18H,8-10H2,1-2H3,(H2,15,17). The van der Waals surface area contributed by atoms with E-state index in [1.165, 1.54) is 0 Å². The molecule has 0 radical (unpaired) electrons. The summed E-state index contributed by atoms with van der Waals surface area (Å²) < 4.78 is 5.12. The van der Waals surface area contributed by atoms with Gasteiger partial charge in [0.1, 0.15) is 5.84 Å². The molecule has 0 heterocycles. The number of nitrogens with two attached hydrogens (primary N) is 1. The van der Waals surface area contributed by atoms with Crippen molar-refractivity contribution in [2.75, 3.05) is 20.3 Å². The van der Waals surface area contributed by atoms with Gasteiger partial charge in [0.15, 0.2) is 0 Å². The molecule has 2 unspecified atom stereocenters. The topological polar surface area (TPSA) is 79.9 Å². The summed E-state index contributed by atoms with van der Waals surface area (Å²) in [6, 6.07) is 10.0. The molecule has 1 aromatic carbocycles. The molecule has 0 fully saturated rings. The lowest BCUT2D eigenvalue weighted by Crippen LogP contribution is -2.31. The van der Waals surface area contributed by atoms with Gasteiger partial charge in [0.05, 0.1) is 0 Å². The maximum atomic E-state index is 8.71. The summed E-state index contributed by atoms with van der Waals surface area (Å²) in [6.45, 7) is 3.63. The number of oxime groups is 1. The first kappa shape index (κ1) is 15.5. The molecule has 0 bridgehead atoms. The minimum Gasteiger partial charge on any atom is -0.409 e. The Balaban J connectivity index is 2.65. The number of rotatable bonds is 8. The molecule has 106 valence electrons. The van der Waals surface area contributed by atoms with E-state index in [-0.39, 0.29) is 11.9 Å². The van der Waals surface area contributed by atoms with Crippen molar-refractivity contribution in [1.29, 1.82) is 0 Å². The SMILES string of the molecule is COCC(C)CNC(CC(N)=NO)c1ccccc1. The normalized spacial score (nSPS) is 15.2. The number of amidine groups is 1. The molecule has 0 spiro atoms. The lowest BCUT2D eigenvalue weighted by molar-refractivity contribution is 0.157. The smallest absolute Gasteiger partial charge is 0.141 e. The first-order valence-corrected chi connectivity index (χ1v) is 6.41. The molecule has 19 heavy (non-hydrogen) atoms. The van der Waals surface area contributed by atoms with Crippen LogP contribution in [0, 0.1) is 5.92 Å². The number of nitrogens with one attached hydrogen (secondary N) is 1. The molecule has 5 heteroatoms. The van der Waals surface area contributed by atoms with Crippen LogP contribution in [0.15, 0.2) is 35.5 Å². The van der Waals surface area contributed by atoms with E-state index in [4.69, 9.17) is 15.7 Å². The minimum atomic E-state index is 0.0383. The highest BCUT2D eigenvalue weighted by atomic mass is 16.5. The Morgan fingerprint density at radius 2 is 2.11 bits per heavy atom. The Morgan fingerprint density at radius 1 is 1.42 bits per heavy atom. The summed E-state index contributed by atoms with van der Waals surface area (Å²) in [7, 11) is 1.70. The molecule has 5 nitrogen and oxygen atoms in total. The Kier molecular flexibility index (Phi) is 6.92. The van der Waals surface area contributed by atoms with Crippen molar-refractivity contribution in [3.63, 3.8) is 0 Å². The van der Waals surface area contributed by atoms with Crippen LogP contribution >= 0.6 is 0 Å². The van der Waals surface area contributed by atoms with Crippen LogP contribution in [0.25, 0.3) is 0 Å². The summed E-state index contributed by atoms with van der Waals surface area (Å²) in [6.07, 6.45) is 0.472. The molecule has 1 aromatic rings. The summed E-state index contributed by atoms with van der Waals surface area (Å²) in [5.74, 6) is 0.629. The average molecular weight is 265 g/mol. The van der Waals surface area contributed by atoms with E-state index in [9.17, 15) is 0 Å². The lowest BCUT2D eigenvalue weighted by atomic mass is 10.0. The van der Waals surface area contributed by atoms with E-state index in [1.54, 1.807) is 7.11 Å². The number of ether oxygens (including phenoxy) is 1. The van der Waals surface area contributed by atoms with E-state index in [0.717, 1.165) is 12.1 Å². The van der Waals surface area contributed by atoms with Crippen molar-refractivity contribution < 1.29 is 9.94 Å². The fourth-order valence-electron chi connectivity index (χ4n) is 1.93. The van der Waals surface area contributed by atoms with E-state index in [1.807, 2.05) is 30.3 Å². The van der Waals surface area contributed by atoms with Gasteiger partial charge in [-0.1, -0.05) is 42.4 Å². The summed E-state index contributed by atoms with van der Waals surface area (Å²) in [4.78, 5) is 0. The second-order valence-corrected chi connectivity index (χ2v) is 4.73. The molecule has 0 aliphatic heterocycles. The maximum Gasteiger partial charge on any atom is 0.141 e. The Morgan fingerprint density at radius 3 is 2.68 bits per heavy atom. The third-order valence-corrected chi connectivity index (χ3v) is 2.91. The molecule has 0 aliphatic carbocycles. The fourth-order valence-corrected chi connectivity index (χ4v) is 1.93. The first-order chi connectivity index (χ1) is 9.17. The van der Waals surface area contributed by atoms with Crippen LogP contribution in [0.4, 0.5) is 0 Å². The predicted octanol–water partition coefficient (Wildman–Crippen LogP) is 1.74. The van der Waals surface area contributed by atoms with Crippen LogP contribution in [0.5, 0.6) is 0 Å². The van der Waals surface area contributed by atoms with E-state index >= 15 is 0 Å². The number of methoxy groups -OCH3 is 1. The predicted molar refractivity (Wildman–Crippen MR) is 76.3 cm³/mol. The molecular weight excluding hydrogens is 242 g/mol. The van der Waals surface area contributed by atoms with Gasteiger partial charge in [-0.25, -0.2) is 0 Å². The van der Waals surface area contributed by atoms with Crippen molar-refractivity contribution in [3.05, 3.63) is 35.9 Å². The van der Waals surface area contributed by atoms with Crippen LogP contribution in [-0.4, -0.2) is 31.3 Å². The average Bonchev–Trinajstić information content (AvgIpc) is 2.44. The molecular formula is C14H23N3O2. The molecule has 0 aliphatic rings. The minimum absolute atomic E-state index is 0.0383. The van der Waals surface area contributed by atoms with Gasteiger partial charge in [-0.15, -0.1) is 0 Å². The Bertz CT molecular complexity index is 382. The number of nitrogens with zero attached hydrogens (tertiary/aromatic N) is 1. The van der Waals surface area contributed by atoms with Gasteiger partial charge in [-0.3, -0.25) is 0 Å². The van der Waals surface area contributed by atoms with Gasteiger partial charge in [0, 0.05) is 32.7 Å². The third-order valence-electron chi connectivity index (χ3n) is 2.91. The van der Waals surface area contributed by atoms with Crippen LogP contribution in [0.2, 0.25) is 0 Å². The molecule has 0 aromatic heterocycles. The lowest BCUT2D eigenvalue weighted by Gasteiger charge is -2.21. The van der Waals surface area contributed by atoms with Gasteiger partial charge in [0.25, 0.3) is 0 Å². The van der Waals surface area contributed by atoms with Gasteiger partial charge in [-0.2, -0.15) is 0 Å². The molecule has 0 saturated carbocycles. The summed E-state index contributed by atoms with van der Waals surface area (Å²) in [5.41, 5.74) is 6.74. The summed E-state index contributed by atoms with van der Waals surface area (Å²) >= 11 is 0. The highest BCUT2D eigenvalue weighted by Crippen LogP contribution is 2.16. The highest BCUT2D eigenvalue weighted by molar-refractivity contribution is 5.80. The van der Waals surface area contributed by atoms with Gasteiger partial charge in [0.2, 0.25) is 0 Å². The van der Waals surface area contributed by atoms with Crippen LogP contribution in [0.1, 0.15) is 24.9 Å². The largest absolute Gasteiger partial charge is 0.409 e. The Hall–Kier alpha value is -1.59. The van der Waals surface area contributed by atoms with Crippen LogP contribution < -0.4 is 11.1 Å². The van der Waals surface area contributed by atoms with Crippen LogP contribution in [0.3, 0.4) is 0 Å². The van der Waals surface area contributed by atoms with Gasteiger partial charge < -0.3 is 21.0 Å². The second kappa shape index (κ2) is 8.50. The van der Waals surface area contributed by atoms with Gasteiger partial charge in [-0.05, 0) is 11.5 Å². The highest BCUT2D eigenvalue weighted by Gasteiger charge is 2.14. The van der Waals surface area contributed by atoms with Gasteiger partial charge >= 0.3 is 0 Å². The second-order valence-electron chi connectivity index (χ2n) is 4.73. The fraction of sp³-hybridized carbons (Fsp3) is 0.500. The van der Waals surface area contributed by atoms with Crippen molar-refractivity contribution in [3.8, 4) is 0 Å². The molecule has 1 rings (SSSR count). The zero-order valence-corrected chi connectivity index (χ0v) is 11.5. The quantitative estimate of drug-likeness (QED) is 0.289. The molecule has 0 amide bonds. The van der Waals surface area contributed by atoms with E-state index < -0.39 is 0 Å². The van der Waals surface area contributed by atoms with Crippen molar-refractivity contribution in [1.82, 2.24) is 5.32 Å². The van der Waals surface area contributed by atoms with E-state index in [2.05, 4.69) is 17.4 Å². The Labute approximate surface area is 114 Å². The zero-order valence-electron chi connectivity index (χ0n) is 11.5. The number of hydrogen-bond acceptors (Lipinski definition) is 4. The molecule has 4 N–H and O–H groups in total. The zero-order chi connectivity index (χ0) is 14.1. The van der Waals surface area contributed by atoms with Crippen LogP contribution in [-0.2, 0) is 4.74 Å². The summed E-state index contributed by atoms with van der Waals surface area (Å²) in [5, 5.41) is 15.2. The number of benzene rings is 1. The monoisotopic (exact) mass is 265 g/mol. The molecule has 0 saturated heterocycles. The molecule has 2 atom stereocenters. The maximum absolute atomic E-state index is 8.71. The van der Waals surface area contributed by atoms with Crippen molar-refractivity contribution in [2.24, 2.45) is 16.8 Å². The third kappa shape index (κ3) is 5.72. The number of hydrogen-bond donors (Lipinski definition) is 3. The van der Waals surface area contributed by atoms with Crippen molar-refractivity contribution in [2.45, 2.75) is 19.4 Å².